The maximum absolute atomic E-state index is 9.20. The first-order chi connectivity index (χ1) is 9.17. The first kappa shape index (κ1) is 13.7. The highest BCUT2D eigenvalue weighted by Gasteiger charge is 2.25. The molecule has 0 aromatic heterocycles. The monoisotopic (exact) mass is 263 g/mol. The van der Waals surface area contributed by atoms with Gasteiger partial charge in [-0.2, -0.15) is 0 Å². The molecule has 1 saturated carbocycles. The molecule has 19 heavy (non-hydrogen) atoms. The minimum absolute atomic E-state index is 0.126. The van der Waals surface area contributed by atoms with Crippen LogP contribution < -0.4 is 10.6 Å². The van der Waals surface area contributed by atoms with Crippen LogP contribution in [0.15, 0.2) is 23.4 Å². The zero-order chi connectivity index (χ0) is 13.8. The summed E-state index contributed by atoms with van der Waals surface area (Å²) in [5, 5.41) is 21.0. The van der Waals surface area contributed by atoms with Crippen molar-refractivity contribution in [3.8, 4) is 0 Å². The number of aliphatic hydroxyl groups excluding tert-OH is 1. The topological polar surface area (TPSA) is 82.1 Å². The quantitative estimate of drug-likeness (QED) is 0.325. The highest BCUT2D eigenvalue weighted by Crippen LogP contribution is 2.30. The van der Waals surface area contributed by atoms with Crippen molar-refractivity contribution in [2.24, 2.45) is 10.9 Å². The van der Waals surface area contributed by atoms with Gasteiger partial charge in [0.15, 0.2) is 5.84 Å². The van der Waals surface area contributed by atoms with Crippen molar-refractivity contribution in [2.75, 3.05) is 18.1 Å². The van der Waals surface area contributed by atoms with E-state index in [4.69, 9.17) is 10.9 Å². The van der Waals surface area contributed by atoms with Crippen LogP contribution in [0.1, 0.15) is 30.4 Å². The van der Waals surface area contributed by atoms with Gasteiger partial charge in [0.25, 0.3) is 0 Å². The van der Waals surface area contributed by atoms with Gasteiger partial charge >= 0.3 is 0 Å². The molecule has 1 fully saturated rings. The Morgan fingerprint density at radius 2 is 2.21 bits per heavy atom. The molecular formula is C14H21N3O2. The number of aryl methyl sites for hydroxylation is 1. The fourth-order valence-corrected chi connectivity index (χ4v) is 2.50. The number of nitrogens with zero attached hydrogens (tertiary/aromatic N) is 2. The van der Waals surface area contributed by atoms with Crippen LogP contribution in [0.5, 0.6) is 0 Å². The summed E-state index contributed by atoms with van der Waals surface area (Å²) in [5.74, 6) is 0.126. The highest BCUT2D eigenvalue weighted by molar-refractivity contribution is 5.98. The number of oxime groups is 1. The predicted molar refractivity (Wildman–Crippen MR) is 75.8 cm³/mol. The van der Waals surface area contributed by atoms with Crippen LogP contribution in [-0.2, 0) is 0 Å². The fourth-order valence-electron chi connectivity index (χ4n) is 2.50. The van der Waals surface area contributed by atoms with Crippen molar-refractivity contribution in [2.45, 2.75) is 32.2 Å². The lowest BCUT2D eigenvalue weighted by Gasteiger charge is -2.39. The summed E-state index contributed by atoms with van der Waals surface area (Å²) in [6.45, 7) is 2.74. The molecule has 0 aliphatic heterocycles. The Labute approximate surface area is 113 Å². The van der Waals surface area contributed by atoms with E-state index in [0.29, 0.717) is 12.6 Å². The van der Waals surface area contributed by atoms with E-state index in [-0.39, 0.29) is 12.4 Å². The largest absolute Gasteiger partial charge is 0.409 e. The minimum Gasteiger partial charge on any atom is -0.409 e. The first-order valence-electron chi connectivity index (χ1n) is 6.63. The van der Waals surface area contributed by atoms with Crippen LogP contribution in [0.4, 0.5) is 5.69 Å². The van der Waals surface area contributed by atoms with Gasteiger partial charge in [0, 0.05) is 23.8 Å². The molecule has 0 saturated heterocycles. The molecule has 5 heteroatoms. The SMILES string of the molecule is Cc1cc(N(CCO)C2CCC2)ccc1/C(N)=N/O. The van der Waals surface area contributed by atoms with Gasteiger partial charge in [-0.15, -0.1) is 0 Å². The number of rotatable bonds is 5. The summed E-state index contributed by atoms with van der Waals surface area (Å²) >= 11 is 0. The first-order valence-corrected chi connectivity index (χ1v) is 6.63. The second-order valence-electron chi connectivity index (χ2n) is 4.99. The van der Waals surface area contributed by atoms with E-state index in [2.05, 4.69) is 10.1 Å². The van der Waals surface area contributed by atoms with Gasteiger partial charge in [-0.25, -0.2) is 0 Å². The summed E-state index contributed by atoms with van der Waals surface area (Å²) in [7, 11) is 0. The van der Waals surface area contributed by atoms with E-state index in [1.807, 2.05) is 25.1 Å². The lowest BCUT2D eigenvalue weighted by Crippen LogP contribution is -2.42. The van der Waals surface area contributed by atoms with E-state index in [1.54, 1.807) is 0 Å². The summed E-state index contributed by atoms with van der Waals surface area (Å²) in [6, 6.07) is 6.39. The number of hydrogen-bond acceptors (Lipinski definition) is 4. The van der Waals surface area contributed by atoms with Gasteiger partial charge in [0.2, 0.25) is 0 Å². The third kappa shape index (κ3) is 2.81. The van der Waals surface area contributed by atoms with Crippen molar-refractivity contribution in [1.82, 2.24) is 0 Å². The molecule has 1 aromatic rings. The highest BCUT2D eigenvalue weighted by atomic mass is 16.4. The molecule has 2 rings (SSSR count). The van der Waals surface area contributed by atoms with E-state index in [1.165, 1.54) is 19.3 Å². The third-order valence-corrected chi connectivity index (χ3v) is 3.78. The summed E-state index contributed by atoms with van der Waals surface area (Å²) in [6.07, 6.45) is 3.62. The molecule has 1 aliphatic rings. The van der Waals surface area contributed by atoms with Gasteiger partial charge in [-0.1, -0.05) is 5.16 Å². The molecule has 0 atom stereocenters. The molecule has 0 amide bonds. The lowest BCUT2D eigenvalue weighted by atomic mass is 9.90. The van der Waals surface area contributed by atoms with Crippen LogP contribution in [0.2, 0.25) is 0 Å². The zero-order valence-corrected chi connectivity index (χ0v) is 11.2. The Morgan fingerprint density at radius 3 is 2.68 bits per heavy atom. The number of nitrogens with two attached hydrogens (primary N) is 1. The van der Waals surface area contributed by atoms with Crippen molar-refractivity contribution < 1.29 is 10.3 Å². The molecular weight excluding hydrogens is 242 g/mol. The van der Waals surface area contributed by atoms with Crippen LogP contribution in [-0.4, -0.2) is 35.3 Å². The van der Waals surface area contributed by atoms with Crippen molar-refractivity contribution >= 4 is 11.5 Å². The Hall–Kier alpha value is -1.75. The Morgan fingerprint density at radius 1 is 1.47 bits per heavy atom. The van der Waals surface area contributed by atoms with Crippen molar-refractivity contribution in [3.05, 3.63) is 29.3 Å². The van der Waals surface area contributed by atoms with Gasteiger partial charge in [-0.05, 0) is 49.9 Å². The molecule has 0 radical (unpaired) electrons. The van der Waals surface area contributed by atoms with Crippen LogP contribution in [0.25, 0.3) is 0 Å². The molecule has 0 spiro atoms. The van der Waals surface area contributed by atoms with E-state index >= 15 is 0 Å². The molecule has 0 unspecified atom stereocenters. The minimum atomic E-state index is 0.126. The van der Waals surface area contributed by atoms with Crippen LogP contribution >= 0.6 is 0 Å². The fraction of sp³-hybridized carbons (Fsp3) is 0.500. The second kappa shape index (κ2) is 5.93. The van der Waals surface area contributed by atoms with Gasteiger partial charge in [-0.3, -0.25) is 0 Å². The molecule has 0 heterocycles. The van der Waals surface area contributed by atoms with Crippen molar-refractivity contribution in [1.29, 1.82) is 0 Å². The molecule has 104 valence electrons. The smallest absolute Gasteiger partial charge is 0.170 e. The van der Waals surface area contributed by atoms with E-state index in [0.717, 1.165) is 16.8 Å². The standard InChI is InChI=1S/C14H21N3O2/c1-10-9-12(5-6-13(10)14(15)16-19)17(7-8-18)11-3-2-4-11/h5-6,9,11,18-19H,2-4,7-8H2,1H3,(H2,15,16). The molecule has 4 N–H and O–H groups in total. The van der Waals surface area contributed by atoms with Gasteiger partial charge in [0.1, 0.15) is 0 Å². The average Bonchev–Trinajstić information content (AvgIpc) is 2.35. The van der Waals surface area contributed by atoms with Crippen molar-refractivity contribution in [3.63, 3.8) is 0 Å². The summed E-state index contributed by atoms with van der Waals surface area (Å²) in [5.41, 5.74) is 8.42. The second-order valence-corrected chi connectivity index (χ2v) is 4.99. The lowest BCUT2D eigenvalue weighted by molar-refractivity contribution is 0.283. The number of benzene rings is 1. The molecule has 5 nitrogen and oxygen atoms in total. The Kier molecular flexibility index (Phi) is 4.27. The molecule has 1 aromatic carbocycles. The maximum atomic E-state index is 9.20. The molecule has 1 aliphatic carbocycles. The number of hydrogen-bond donors (Lipinski definition) is 3. The maximum Gasteiger partial charge on any atom is 0.170 e. The normalized spacial score (nSPS) is 16.2. The van der Waals surface area contributed by atoms with Gasteiger partial charge in [0.05, 0.1) is 6.61 Å². The van der Waals surface area contributed by atoms with Gasteiger partial charge < -0.3 is 20.9 Å². The van der Waals surface area contributed by atoms with Crippen LogP contribution in [0.3, 0.4) is 0 Å². The summed E-state index contributed by atoms with van der Waals surface area (Å²) in [4.78, 5) is 2.24. The number of amidine groups is 1. The van der Waals surface area contributed by atoms with Crippen LogP contribution in [0, 0.1) is 6.92 Å². The van der Waals surface area contributed by atoms with E-state index < -0.39 is 0 Å². The Balaban J connectivity index is 2.26. The van der Waals surface area contributed by atoms with E-state index in [9.17, 15) is 5.11 Å². The number of anilines is 1. The molecule has 0 bridgehead atoms. The predicted octanol–water partition coefficient (Wildman–Crippen LogP) is 1.44. The summed E-state index contributed by atoms with van der Waals surface area (Å²) < 4.78 is 0. The zero-order valence-electron chi connectivity index (χ0n) is 11.2. The number of aliphatic hydroxyl groups is 1. The average molecular weight is 263 g/mol. The third-order valence-electron chi connectivity index (χ3n) is 3.78. The Bertz CT molecular complexity index is 470.